The molecule has 0 aromatic heterocycles. The largest absolute Gasteiger partial charge is 0.464 e. The van der Waals surface area contributed by atoms with Crippen LogP contribution in [-0.2, 0) is 18.9 Å². The van der Waals surface area contributed by atoms with Gasteiger partial charge in [0.1, 0.15) is 11.9 Å². The Bertz CT molecular complexity index is 236. The molecule has 4 heteroatoms. The third kappa shape index (κ3) is 1.35. The van der Waals surface area contributed by atoms with Gasteiger partial charge in [-0.25, -0.2) is 0 Å². The Kier molecular flexibility index (Phi) is 1.87. The molecule has 2 aliphatic heterocycles. The summed E-state index contributed by atoms with van der Waals surface area (Å²) in [4.78, 5) is 0. The molecule has 1 unspecified atom stereocenters. The molecule has 13 heavy (non-hydrogen) atoms. The second-order valence-corrected chi connectivity index (χ2v) is 3.71. The number of fused-ring (bicyclic) bond motifs is 1. The van der Waals surface area contributed by atoms with Crippen molar-refractivity contribution in [1.82, 2.24) is 0 Å². The van der Waals surface area contributed by atoms with E-state index in [1.165, 1.54) is 0 Å². The summed E-state index contributed by atoms with van der Waals surface area (Å²) in [6.07, 6.45) is -0.772. The van der Waals surface area contributed by atoms with E-state index in [0.717, 1.165) is 0 Å². The zero-order chi connectivity index (χ0) is 9.64. The van der Waals surface area contributed by atoms with Crippen LogP contribution in [0.1, 0.15) is 13.8 Å². The molecule has 0 spiro atoms. The minimum Gasteiger partial charge on any atom is -0.464 e. The average molecular weight is 186 g/mol. The van der Waals surface area contributed by atoms with E-state index < -0.39 is 5.79 Å². The van der Waals surface area contributed by atoms with Gasteiger partial charge in [-0.1, -0.05) is 6.58 Å². The van der Waals surface area contributed by atoms with Gasteiger partial charge in [0, 0.05) is 7.11 Å². The van der Waals surface area contributed by atoms with E-state index in [1.807, 2.05) is 13.8 Å². The molecule has 2 heterocycles. The van der Waals surface area contributed by atoms with Crippen LogP contribution in [0.25, 0.3) is 0 Å². The van der Waals surface area contributed by atoms with Crippen LogP contribution in [0.5, 0.6) is 0 Å². The first kappa shape index (κ1) is 8.99. The number of hydrogen-bond acceptors (Lipinski definition) is 4. The van der Waals surface area contributed by atoms with Gasteiger partial charge in [0.05, 0.1) is 0 Å². The van der Waals surface area contributed by atoms with Gasteiger partial charge in [0.15, 0.2) is 11.9 Å². The molecule has 2 rings (SSSR count). The third-order valence-electron chi connectivity index (χ3n) is 2.21. The molecular weight excluding hydrogens is 172 g/mol. The molecule has 0 aliphatic carbocycles. The molecule has 3 atom stereocenters. The summed E-state index contributed by atoms with van der Waals surface area (Å²) in [5.74, 6) is 0.0150. The fourth-order valence-electron chi connectivity index (χ4n) is 1.70. The van der Waals surface area contributed by atoms with Gasteiger partial charge >= 0.3 is 0 Å². The first-order valence-corrected chi connectivity index (χ1v) is 4.27. The average Bonchev–Trinajstić information content (AvgIpc) is 2.47. The lowest BCUT2D eigenvalue weighted by Crippen LogP contribution is -2.30. The SMILES string of the molecule is C=C1O[C@@H](OC)C2OC(C)(C)O[C@@H]12. The quantitative estimate of drug-likeness (QED) is 0.612. The molecule has 0 aromatic carbocycles. The van der Waals surface area contributed by atoms with E-state index in [2.05, 4.69) is 6.58 Å². The molecule has 4 nitrogen and oxygen atoms in total. The van der Waals surface area contributed by atoms with Crippen molar-refractivity contribution in [2.75, 3.05) is 7.11 Å². The summed E-state index contributed by atoms with van der Waals surface area (Å²) in [5.41, 5.74) is 0. The topological polar surface area (TPSA) is 36.9 Å². The van der Waals surface area contributed by atoms with Crippen LogP contribution in [0.15, 0.2) is 12.3 Å². The number of rotatable bonds is 1. The maximum Gasteiger partial charge on any atom is 0.228 e. The molecule has 2 saturated heterocycles. The minimum atomic E-state index is -0.571. The smallest absolute Gasteiger partial charge is 0.228 e. The van der Waals surface area contributed by atoms with Crippen molar-refractivity contribution >= 4 is 0 Å². The Labute approximate surface area is 77.4 Å². The second kappa shape index (κ2) is 2.70. The van der Waals surface area contributed by atoms with Crippen molar-refractivity contribution in [2.24, 2.45) is 0 Å². The van der Waals surface area contributed by atoms with Gasteiger partial charge < -0.3 is 18.9 Å². The summed E-state index contributed by atoms with van der Waals surface area (Å²) in [6, 6.07) is 0. The zero-order valence-corrected chi connectivity index (χ0v) is 8.07. The van der Waals surface area contributed by atoms with Gasteiger partial charge in [-0.2, -0.15) is 0 Å². The Morgan fingerprint density at radius 3 is 2.69 bits per heavy atom. The van der Waals surface area contributed by atoms with Crippen LogP contribution >= 0.6 is 0 Å². The monoisotopic (exact) mass is 186 g/mol. The van der Waals surface area contributed by atoms with Gasteiger partial charge in [0.2, 0.25) is 6.29 Å². The standard InChI is InChI=1S/C9H14O4/c1-5-6-7(8(10-4)11-5)13-9(2,3)12-6/h6-8H,1H2,2-4H3/t6-,7?,8+/m0/s1. The molecule has 2 aliphatic rings. The van der Waals surface area contributed by atoms with Crippen LogP contribution in [0.4, 0.5) is 0 Å². The van der Waals surface area contributed by atoms with Gasteiger partial charge in [-0.3, -0.25) is 0 Å². The van der Waals surface area contributed by atoms with E-state index in [1.54, 1.807) is 7.11 Å². The Morgan fingerprint density at radius 2 is 2.08 bits per heavy atom. The Hall–Kier alpha value is -0.580. The molecule has 0 saturated carbocycles. The normalized spacial score (nSPS) is 41.8. The highest BCUT2D eigenvalue weighted by atomic mass is 16.8. The predicted octanol–water partition coefficient (Wildman–Crippen LogP) is 1.02. The molecule has 0 amide bonds. The highest BCUT2D eigenvalue weighted by molar-refractivity contribution is 5.08. The maximum absolute atomic E-state index is 5.61. The van der Waals surface area contributed by atoms with Gasteiger partial charge in [0.25, 0.3) is 0 Å². The number of ether oxygens (including phenoxy) is 4. The molecule has 2 fully saturated rings. The summed E-state index contributed by atoms with van der Waals surface area (Å²) >= 11 is 0. The van der Waals surface area contributed by atoms with E-state index in [4.69, 9.17) is 18.9 Å². The van der Waals surface area contributed by atoms with Gasteiger partial charge in [-0.15, -0.1) is 0 Å². The van der Waals surface area contributed by atoms with Crippen molar-refractivity contribution < 1.29 is 18.9 Å². The van der Waals surface area contributed by atoms with Crippen LogP contribution in [0, 0.1) is 0 Å². The van der Waals surface area contributed by atoms with Crippen molar-refractivity contribution in [1.29, 1.82) is 0 Å². The van der Waals surface area contributed by atoms with E-state index in [0.29, 0.717) is 5.76 Å². The lowest BCUT2D eigenvalue weighted by Gasteiger charge is -2.21. The van der Waals surface area contributed by atoms with Gasteiger partial charge in [-0.05, 0) is 13.8 Å². The second-order valence-electron chi connectivity index (χ2n) is 3.71. The summed E-state index contributed by atoms with van der Waals surface area (Å²) in [5, 5.41) is 0. The van der Waals surface area contributed by atoms with Crippen LogP contribution in [0.2, 0.25) is 0 Å². The van der Waals surface area contributed by atoms with E-state index in [-0.39, 0.29) is 18.5 Å². The van der Waals surface area contributed by atoms with Crippen LogP contribution < -0.4 is 0 Å². The van der Waals surface area contributed by atoms with E-state index >= 15 is 0 Å². The first-order chi connectivity index (χ1) is 6.03. The Balaban J connectivity index is 2.17. The van der Waals surface area contributed by atoms with Crippen LogP contribution in [0.3, 0.4) is 0 Å². The molecule has 0 aromatic rings. The molecule has 0 N–H and O–H groups in total. The first-order valence-electron chi connectivity index (χ1n) is 4.27. The predicted molar refractivity (Wildman–Crippen MR) is 44.8 cm³/mol. The summed E-state index contributed by atoms with van der Waals surface area (Å²) in [6.45, 7) is 7.49. The highest BCUT2D eigenvalue weighted by Gasteiger charge is 2.53. The third-order valence-corrected chi connectivity index (χ3v) is 2.21. The zero-order valence-electron chi connectivity index (χ0n) is 8.07. The number of methoxy groups -OCH3 is 1. The minimum absolute atomic E-state index is 0.188. The summed E-state index contributed by atoms with van der Waals surface area (Å²) in [7, 11) is 1.58. The maximum atomic E-state index is 5.61. The molecule has 0 bridgehead atoms. The van der Waals surface area contributed by atoms with Crippen molar-refractivity contribution in [3.05, 3.63) is 12.3 Å². The molecular formula is C9H14O4. The lowest BCUT2D eigenvalue weighted by atomic mass is 10.2. The van der Waals surface area contributed by atoms with Crippen molar-refractivity contribution in [3.8, 4) is 0 Å². The molecule has 0 radical (unpaired) electrons. The lowest BCUT2D eigenvalue weighted by molar-refractivity contribution is -0.201. The Morgan fingerprint density at radius 1 is 1.38 bits per heavy atom. The number of hydrogen-bond donors (Lipinski definition) is 0. The van der Waals surface area contributed by atoms with Crippen molar-refractivity contribution in [3.63, 3.8) is 0 Å². The van der Waals surface area contributed by atoms with Crippen LogP contribution in [-0.4, -0.2) is 31.4 Å². The summed E-state index contributed by atoms with van der Waals surface area (Å²) < 4.78 is 21.6. The van der Waals surface area contributed by atoms with Crippen molar-refractivity contribution in [2.45, 2.75) is 38.1 Å². The van der Waals surface area contributed by atoms with E-state index in [9.17, 15) is 0 Å². The fourth-order valence-corrected chi connectivity index (χ4v) is 1.70. The highest BCUT2D eigenvalue weighted by Crippen LogP contribution is 2.39. The molecule has 74 valence electrons. The fraction of sp³-hybridized carbons (Fsp3) is 0.778.